The first-order valence-corrected chi connectivity index (χ1v) is 12.4. The van der Waals surface area contributed by atoms with E-state index in [1.165, 1.54) is 87.0 Å². The van der Waals surface area contributed by atoms with Gasteiger partial charge in [-0.15, -0.1) is 0 Å². The second-order valence-corrected chi connectivity index (χ2v) is 8.14. The number of unbranched alkanes of at least 4 members (excludes halogenated alkanes) is 2. The molecule has 0 spiro atoms. The van der Waals surface area contributed by atoms with Crippen LogP contribution in [-0.4, -0.2) is 66.2 Å². The van der Waals surface area contributed by atoms with Gasteiger partial charge in [0.2, 0.25) is 0 Å². The summed E-state index contributed by atoms with van der Waals surface area (Å²) >= 11 is 0. The Bertz CT molecular complexity index is 305. The summed E-state index contributed by atoms with van der Waals surface area (Å²) in [5.74, 6) is 0. The van der Waals surface area contributed by atoms with Gasteiger partial charge in [-0.1, -0.05) is 26.7 Å². The molecular weight excluding hydrogens is 363 g/mol. The summed E-state index contributed by atoms with van der Waals surface area (Å²) in [5.41, 5.74) is 0. The van der Waals surface area contributed by atoms with Gasteiger partial charge in [0, 0.05) is 0 Å². The van der Waals surface area contributed by atoms with E-state index in [1.54, 1.807) is 0 Å². The molecule has 0 unspecified atom stereocenters. The fourth-order valence-corrected chi connectivity index (χ4v) is 3.28. The average molecular weight is 413 g/mol. The highest BCUT2D eigenvalue weighted by atomic mass is 31.2. The molecule has 0 bridgehead atoms. The van der Waals surface area contributed by atoms with E-state index in [4.69, 9.17) is 19.2 Å². The van der Waals surface area contributed by atoms with E-state index in [2.05, 4.69) is 55.4 Å². The Morgan fingerprint density at radius 1 is 0.630 bits per heavy atom. The number of nitrogens with zero attached hydrogens (tertiary/aromatic N) is 2. The van der Waals surface area contributed by atoms with E-state index in [9.17, 15) is 0 Å². The van der Waals surface area contributed by atoms with Crippen molar-refractivity contribution >= 4 is 7.82 Å². The minimum absolute atomic E-state index is 1.30. The Balaban J connectivity index is -0.000000344. The van der Waals surface area contributed by atoms with Crippen LogP contribution in [0.1, 0.15) is 81.1 Å². The molecule has 0 fully saturated rings. The van der Waals surface area contributed by atoms with Crippen LogP contribution in [0.25, 0.3) is 0 Å². The Morgan fingerprint density at radius 3 is 0.926 bits per heavy atom. The van der Waals surface area contributed by atoms with Crippen molar-refractivity contribution in [3.8, 4) is 0 Å². The fourth-order valence-electron chi connectivity index (χ4n) is 3.28. The molecule has 27 heavy (non-hydrogen) atoms. The van der Waals surface area contributed by atoms with E-state index in [1.807, 2.05) is 0 Å². The predicted molar refractivity (Wildman–Crippen MR) is 113 cm³/mol. The van der Waals surface area contributed by atoms with Gasteiger partial charge in [0.1, 0.15) is 0 Å². The van der Waals surface area contributed by atoms with Gasteiger partial charge >= 0.3 is 0 Å². The second-order valence-electron chi connectivity index (χ2n) is 7.20. The lowest BCUT2D eigenvalue weighted by Gasteiger charge is -2.35. The monoisotopic (exact) mass is 412 g/mol. The first-order chi connectivity index (χ1) is 12.5. The molecule has 6 nitrogen and oxygen atoms in total. The molecule has 0 aromatic carbocycles. The molecule has 168 valence electrons. The molecule has 0 aliphatic rings. The molecule has 0 aromatic heterocycles. The van der Waals surface area contributed by atoms with E-state index < -0.39 is 7.82 Å². The molecule has 0 atom stereocenters. The second kappa shape index (κ2) is 18.1. The maximum absolute atomic E-state index is 8.66. The first kappa shape index (κ1) is 31.7. The highest BCUT2D eigenvalue weighted by molar-refractivity contribution is 7.42. The highest BCUT2D eigenvalue weighted by Crippen LogP contribution is 2.11. The predicted octanol–water partition coefficient (Wildman–Crippen LogP) is 3.13. The van der Waals surface area contributed by atoms with Gasteiger partial charge in [-0.05, 0) is 54.4 Å². The lowest BCUT2D eigenvalue weighted by molar-refractivity contribution is -0.923. The maximum atomic E-state index is 8.66. The molecule has 0 radical (unpaired) electrons. The van der Waals surface area contributed by atoms with Crippen LogP contribution in [0.2, 0.25) is 0 Å². The number of hydrogen-bond acceptors (Lipinski definition) is 3. The molecule has 1 N–H and O–H groups in total. The quantitative estimate of drug-likeness (QED) is 0.394. The van der Waals surface area contributed by atoms with Crippen molar-refractivity contribution in [3.05, 3.63) is 0 Å². The summed E-state index contributed by atoms with van der Waals surface area (Å²) in [6.07, 6.45) is 5.44. The third kappa shape index (κ3) is 19.1. The van der Waals surface area contributed by atoms with Gasteiger partial charge in [0.05, 0.1) is 60.2 Å². The van der Waals surface area contributed by atoms with E-state index >= 15 is 0 Å². The van der Waals surface area contributed by atoms with Crippen LogP contribution < -0.4 is 9.79 Å². The average Bonchev–Trinajstić information content (AvgIpc) is 2.64. The van der Waals surface area contributed by atoms with Crippen LogP contribution in [0.15, 0.2) is 0 Å². The zero-order chi connectivity index (χ0) is 22.0. The molecule has 0 saturated carbocycles. The lowest BCUT2D eigenvalue weighted by Crippen LogP contribution is -2.48. The van der Waals surface area contributed by atoms with Gasteiger partial charge in [0.25, 0.3) is 0 Å². The summed E-state index contributed by atoms with van der Waals surface area (Å²) in [6.45, 7) is 28.9. The van der Waals surface area contributed by atoms with Gasteiger partial charge in [-0.3, -0.25) is 0 Å². The van der Waals surface area contributed by atoms with Crippen LogP contribution in [-0.2, 0) is 4.57 Å². The van der Waals surface area contributed by atoms with Gasteiger partial charge < -0.3 is 28.2 Å². The van der Waals surface area contributed by atoms with Crippen LogP contribution in [0, 0.1) is 0 Å². The maximum Gasteiger partial charge on any atom is 0.0786 e. The Hall–Kier alpha value is 0.0300. The SMILES string of the molecule is CCCC[N+](CC)(CC)CC.CCCC[N+](CC)(CC)CC.O=P([O-])([O-])O. The lowest BCUT2D eigenvalue weighted by atomic mass is 10.2. The van der Waals surface area contributed by atoms with Crippen LogP contribution in [0.5, 0.6) is 0 Å². The number of rotatable bonds is 12. The smallest absolute Gasteiger partial charge is 0.0786 e. The normalized spacial score (nSPS) is 12.0. The number of quaternary nitrogens is 2. The Kier molecular flexibility index (Phi) is 21.2. The molecule has 0 rings (SSSR count). The van der Waals surface area contributed by atoms with Crippen molar-refractivity contribution in [1.29, 1.82) is 0 Å². The topological polar surface area (TPSA) is 83.4 Å². The summed E-state index contributed by atoms with van der Waals surface area (Å²) in [6, 6.07) is 0. The standard InChI is InChI=1S/2C10H24N.H3O4P/c2*1-5-9-10-11(6-2,7-3)8-4;1-5(2,3)4/h2*5-10H2,1-4H3;(H3,1,2,3,4)/q2*+1;/p-2. The van der Waals surface area contributed by atoms with Crippen molar-refractivity contribution in [1.82, 2.24) is 0 Å². The summed E-state index contributed by atoms with van der Waals surface area (Å²) in [5, 5.41) is 0. The van der Waals surface area contributed by atoms with E-state index in [-0.39, 0.29) is 0 Å². The zero-order valence-corrected chi connectivity index (χ0v) is 20.4. The van der Waals surface area contributed by atoms with Gasteiger partial charge in [-0.25, -0.2) is 0 Å². The van der Waals surface area contributed by atoms with Crippen molar-refractivity contribution in [2.24, 2.45) is 0 Å². The van der Waals surface area contributed by atoms with Crippen LogP contribution in [0.3, 0.4) is 0 Å². The van der Waals surface area contributed by atoms with Crippen molar-refractivity contribution in [2.75, 3.05) is 52.4 Å². The highest BCUT2D eigenvalue weighted by Gasteiger charge is 2.19. The summed E-state index contributed by atoms with van der Waals surface area (Å²) < 4.78 is 11.3. The fraction of sp³-hybridized carbons (Fsp3) is 1.00. The molecule has 7 heteroatoms. The van der Waals surface area contributed by atoms with Crippen molar-refractivity contribution in [2.45, 2.75) is 81.1 Å². The summed E-state index contributed by atoms with van der Waals surface area (Å²) in [7, 11) is -5.14. The number of hydrogen-bond donors (Lipinski definition) is 1. The third-order valence-electron chi connectivity index (χ3n) is 6.00. The largest absolute Gasteiger partial charge is 0.790 e. The third-order valence-corrected chi connectivity index (χ3v) is 6.00. The Morgan fingerprint density at radius 2 is 0.815 bits per heavy atom. The van der Waals surface area contributed by atoms with Gasteiger partial charge in [0.15, 0.2) is 0 Å². The molecule has 0 aliphatic carbocycles. The van der Waals surface area contributed by atoms with Gasteiger partial charge in [-0.2, -0.15) is 0 Å². The summed E-state index contributed by atoms with van der Waals surface area (Å²) in [4.78, 5) is 24.3. The molecule has 0 amide bonds. The number of phosphoric acid groups is 1. The minimum atomic E-state index is -5.14. The van der Waals surface area contributed by atoms with Crippen molar-refractivity contribution < 1.29 is 28.2 Å². The first-order valence-electron chi connectivity index (χ1n) is 10.9. The minimum Gasteiger partial charge on any atom is -0.790 e. The van der Waals surface area contributed by atoms with E-state index in [0.29, 0.717) is 0 Å². The van der Waals surface area contributed by atoms with Crippen molar-refractivity contribution in [3.63, 3.8) is 0 Å². The zero-order valence-electron chi connectivity index (χ0n) is 19.5. The molecule has 0 aromatic rings. The van der Waals surface area contributed by atoms with Crippen LogP contribution >= 0.6 is 7.82 Å². The molecule has 0 heterocycles. The Labute approximate surface area is 170 Å². The van der Waals surface area contributed by atoms with E-state index in [0.717, 1.165) is 0 Å². The molecule has 0 saturated heterocycles. The molecule has 0 aliphatic heterocycles. The van der Waals surface area contributed by atoms with Crippen LogP contribution in [0.4, 0.5) is 0 Å². The molecular formula is C20H49N2O4P.